The van der Waals surface area contributed by atoms with Gasteiger partial charge in [0.2, 0.25) is 0 Å². The molecule has 0 aromatic heterocycles. The number of carbonyl (C=O) groups excluding carboxylic acids is 1. The first-order valence-corrected chi connectivity index (χ1v) is 11.8. The van der Waals surface area contributed by atoms with Gasteiger partial charge in [-0.15, -0.1) is 11.8 Å². The maximum absolute atomic E-state index is 11.8. The second-order valence-electron chi connectivity index (χ2n) is 7.39. The molecule has 1 atom stereocenters. The van der Waals surface area contributed by atoms with E-state index in [0.717, 1.165) is 48.3 Å². The maximum atomic E-state index is 11.8. The Kier molecular flexibility index (Phi) is 10.7. The highest BCUT2D eigenvalue weighted by atomic mass is 32.2. The molecule has 1 fully saturated rings. The second-order valence-corrected chi connectivity index (χ2v) is 8.45. The van der Waals surface area contributed by atoms with Crippen molar-refractivity contribution < 1.29 is 14.3 Å². The number of carbonyl (C=O) groups is 1. The standard InChI is InChI=1S/C22H36N4O3S/c1-5-23-21(25-18-11-13-26(14-12-18)22(27)29-6-2)24-15-17(3)16-30-20-10-8-7-9-19(20)28-4/h7-10,17-18H,5-6,11-16H2,1-4H3,(H2,23,24,25). The summed E-state index contributed by atoms with van der Waals surface area (Å²) < 4.78 is 10.5. The van der Waals surface area contributed by atoms with Crippen LogP contribution in [0, 0.1) is 5.92 Å². The second kappa shape index (κ2) is 13.3. The van der Waals surface area contributed by atoms with Crippen LogP contribution in [0.4, 0.5) is 4.79 Å². The molecule has 1 aliphatic heterocycles. The van der Waals surface area contributed by atoms with Crippen molar-refractivity contribution in [3.05, 3.63) is 24.3 Å². The molecule has 1 amide bonds. The smallest absolute Gasteiger partial charge is 0.409 e. The van der Waals surface area contributed by atoms with Crippen molar-refractivity contribution in [2.24, 2.45) is 10.9 Å². The molecule has 7 nitrogen and oxygen atoms in total. The van der Waals surface area contributed by atoms with Crippen LogP contribution in [-0.4, -0.2) is 68.6 Å². The van der Waals surface area contributed by atoms with Crippen LogP contribution in [0.2, 0.25) is 0 Å². The molecule has 2 N–H and O–H groups in total. The van der Waals surface area contributed by atoms with E-state index in [-0.39, 0.29) is 6.09 Å². The first kappa shape index (κ1) is 24.2. The molecule has 0 bridgehead atoms. The van der Waals surface area contributed by atoms with Crippen LogP contribution in [0.3, 0.4) is 0 Å². The normalized spacial score (nSPS) is 16.1. The fourth-order valence-electron chi connectivity index (χ4n) is 3.20. The van der Waals surface area contributed by atoms with Gasteiger partial charge in [0.1, 0.15) is 5.75 Å². The topological polar surface area (TPSA) is 75.2 Å². The van der Waals surface area contributed by atoms with E-state index in [4.69, 9.17) is 14.5 Å². The zero-order valence-electron chi connectivity index (χ0n) is 18.6. The Balaban J connectivity index is 1.80. The molecule has 30 heavy (non-hydrogen) atoms. The van der Waals surface area contributed by atoms with Crippen LogP contribution in [0.15, 0.2) is 34.2 Å². The number of piperidine rings is 1. The Hall–Kier alpha value is -2.09. The van der Waals surface area contributed by atoms with E-state index < -0.39 is 0 Å². The molecule has 2 rings (SSSR count). The van der Waals surface area contributed by atoms with Crippen molar-refractivity contribution in [2.75, 3.05) is 45.6 Å². The molecule has 168 valence electrons. The number of thioether (sulfide) groups is 1. The highest BCUT2D eigenvalue weighted by Crippen LogP contribution is 2.30. The fourth-order valence-corrected chi connectivity index (χ4v) is 4.24. The SMILES string of the molecule is CCNC(=NCC(C)CSc1ccccc1OC)NC1CCN(C(=O)OCC)CC1. The van der Waals surface area contributed by atoms with Gasteiger partial charge in [0.25, 0.3) is 0 Å². The van der Waals surface area contributed by atoms with Gasteiger partial charge in [0.15, 0.2) is 5.96 Å². The zero-order chi connectivity index (χ0) is 21.8. The quantitative estimate of drug-likeness (QED) is 0.350. The fraction of sp³-hybridized carbons (Fsp3) is 0.636. The molecule has 0 spiro atoms. The number of aliphatic imine (C=N–C) groups is 1. The van der Waals surface area contributed by atoms with Crippen molar-refractivity contribution >= 4 is 23.8 Å². The van der Waals surface area contributed by atoms with Crippen LogP contribution >= 0.6 is 11.8 Å². The van der Waals surface area contributed by atoms with E-state index in [1.165, 1.54) is 0 Å². The third-order valence-electron chi connectivity index (χ3n) is 4.86. The number of likely N-dealkylation sites (tertiary alicyclic amines) is 1. The summed E-state index contributed by atoms with van der Waals surface area (Å²) in [6.45, 7) is 9.53. The minimum absolute atomic E-state index is 0.210. The number of ether oxygens (including phenoxy) is 2. The number of methoxy groups -OCH3 is 1. The molecule has 1 heterocycles. The van der Waals surface area contributed by atoms with Crippen molar-refractivity contribution in [1.82, 2.24) is 15.5 Å². The minimum Gasteiger partial charge on any atom is -0.496 e. The highest BCUT2D eigenvalue weighted by molar-refractivity contribution is 7.99. The Labute approximate surface area is 185 Å². The van der Waals surface area contributed by atoms with Gasteiger partial charge in [0.05, 0.1) is 13.7 Å². The number of amides is 1. The molecule has 1 aromatic rings. The Morgan fingerprint density at radius 3 is 2.70 bits per heavy atom. The summed E-state index contributed by atoms with van der Waals surface area (Å²) in [7, 11) is 1.71. The maximum Gasteiger partial charge on any atom is 0.409 e. The van der Waals surface area contributed by atoms with Gasteiger partial charge >= 0.3 is 6.09 Å². The van der Waals surface area contributed by atoms with E-state index in [2.05, 4.69) is 30.5 Å². The predicted octanol–water partition coefficient (Wildman–Crippen LogP) is 3.60. The van der Waals surface area contributed by atoms with Gasteiger partial charge in [-0.1, -0.05) is 19.1 Å². The van der Waals surface area contributed by atoms with Gasteiger partial charge < -0.3 is 25.0 Å². The minimum atomic E-state index is -0.210. The number of para-hydroxylation sites is 1. The lowest BCUT2D eigenvalue weighted by Crippen LogP contribution is -2.50. The number of hydrogen-bond acceptors (Lipinski definition) is 5. The third-order valence-corrected chi connectivity index (χ3v) is 6.24. The number of rotatable bonds is 9. The first-order chi connectivity index (χ1) is 14.6. The largest absolute Gasteiger partial charge is 0.496 e. The number of benzene rings is 1. The predicted molar refractivity (Wildman–Crippen MR) is 124 cm³/mol. The summed E-state index contributed by atoms with van der Waals surface area (Å²) >= 11 is 1.80. The van der Waals surface area contributed by atoms with Crippen molar-refractivity contribution in [3.8, 4) is 5.75 Å². The summed E-state index contributed by atoms with van der Waals surface area (Å²) in [5.74, 6) is 3.17. The lowest BCUT2D eigenvalue weighted by molar-refractivity contribution is 0.0963. The zero-order valence-corrected chi connectivity index (χ0v) is 19.5. The molecule has 1 aromatic carbocycles. The van der Waals surface area contributed by atoms with E-state index in [1.807, 2.05) is 25.1 Å². The van der Waals surface area contributed by atoms with Crippen LogP contribution in [0.5, 0.6) is 5.75 Å². The summed E-state index contributed by atoms with van der Waals surface area (Å²) in [5.41, 5.74) is 0. The number of guanidine groups is 1. The van der Waals surface area contributed by atoms with Gasteiger partial charge in [-0.05, 0) is 44.7 Å². The molecule has 0 aliphatic carbocycles. The molecule has 0 saturated carbocycles. The number of hydrogen-bond donors (Lipinski definition) is 2. The van der Waals surface area contributed by atoms with Gasteiger partial charge in [0, 0.05) is 42.9 Å². The van der Waals surface area contributed by atoms with Gasteiger partial charge in [-0.2, -0.15) is 0 Å². The summed E-state index contributed by atoms with van der Waals surface area (Å²) in [6.07, 6.45) is 1.57. The number of nitrogens with one attached hydrogen (secondary N) is 2. The van der Waals surface area contributed by atoms with Crippen molar-refractivity contribution in [2.45, 2.75) is 44.6 Å². The van der Waals surface area contributed by atoms with E-state index in [1.54, 1.807) is 23.8 Å². The average molecular weight is 437 g/mol. The van der Waals surface area contributed by atoms with Crippen molar-refractivity contribution in [3.63, 3.8) is 0 Å². The lowest BCUT2D eigenvalue weighted by atomic mass is 10.1. The summed E-state index contributed by atoms with van der Waals surface area (Å²) in [5, 5.41) is 6.87. The highest BCUT2D eigenvalue weighted by Gasteiger charge is 2.24. The Morgan fingerprint density at radius 2 is 2.03 bits per heavy atom. The summed E-state index contributed by atoms with van der Waals surface area (Å²) in [4.78, 5) is 19.6. The van der Waals surface area contributed by atoms with Crippen LogP contribution in [0.25, 0.3) is 0 Å². The molecule has 8 heteroatoms. The van der Waals surface area contributed by atoms with E-state index in [0.29, 0.717) is 31.7 Å². The molecular formula is C22H36N4O3S. The monoisotopic (exact) mass is 436 g/mol. The van der Waals surface area contributed by atoms with E-state index >= 15 is 0 Å². The number of nitrogens with zero attached hydrogens (tertiary/aromatic N) is 2. The van der Waals surface area contributed by atoms with E-state index in [9.17, 15) is 4.79 Å². The molecule has 1 aliphatic rings. The van der Waals surface area contributed by atoms with Gasteiger partial charge in [-0.3, -0.25) is 4.99 Å². The first-order valence-electron chi connectivity index (χ1n) is 10.8. The average Bonchev–Trinajstić information content (AvgIpc) is 2.77. The Bertz CT molecular complexity index is 678. The molecule has 1 saturated heterocycles. The van der Waals surface area contributed by atoms with Gasteiger partial charge in [-0.25, -0.2) is 4.79 Å². The summed E-state index contributed by atoms with van der Waals surface area (Å²) in [6, 6.07) is 8.42. The molecular weight excluding hydrogens is 400 g/mol. The van der Waals surface area contributed by atoms with Crippen LogP contribution in [-0.2, 0) is 4.74 Å². The molecule has 1 unspecified atom stereocenters. The van der Waals surface area contributed by atoms with Crippen LogP contribution in [0.1, 0.15) is 33.6 Å². The third kappa shape index (κ3) is 7.97. The lowest BCUT2D eigenvalue weighted by Gasteiger charge is -2.32. The van der Waals surface area contributed by atoms with Crippen molar-refractivity contribution in [1.29, 1.82) is 0 Å². The Morgan fingerprint density at radius 1 is 1.30 bits per heavy atom. The molecule has 0 radical (unpaired) electrons. The van der Waals surface area contributed by atoms with Crippen LogP contribution < -0.4 is 15.4 Å².